The van der Waals surface area contributed by atoms with Crippen LogP contribution >= 0.6 is 0 Å². The van der Waals surface area contributed by atoms with Crippen molar-refractivity contribution in [3.8, 4) is 22.8 Å². The van der Waals surface area contributed by atoms with Crippen LogP contribution in [0, 0.1) is 12.7 Å². The molecule has 0 radical (unpaired) electrons. The summed E-state index contributed by atoms with van der Waals surface area (Å²) in [5.74, 6) is -0.502. The smallest absolute Gasteiger partial charge is 0.255 e. The first-order valence-corrected chi connectivity index (χ1v) is 9.28. The Morgan fingerprint density at radius 2 is 1.83 bits per heavy atom. The van der Waals surface area contributed by atoms with E-state index in [2.05, 4.69) is 5.32 Å². The molecule has 1 N–H and O–H groups in total. The summed E-state index contributed by atoms with van der Waals surface area (Å²) in [5, 5.41) is 2.79. The predicted octanol–water partition coefficient (Wildman–Crippen LogP) is 4.72. The highest BCUT2D eigenvalue weighted by Gasteiger charge is 2.15. The van der Waals surface area contributed by atoms with Gasteiger partial charge in [-0.3, -0.25) is 4.79 Å². The molecule has 0 saturated carbocycles. The van der Waals surface area contributed by atoms with Gasteiger partial charge in [0.2, 0.25) is 0 Å². The zero-order chi connectivity index (χ0) is 21.3. The highest BCUT2D eigenvalue weighted by atomic mass is 19.1. The number of pyridine rings is 1. The number of imidazole rings is 1. The minimum atomic E-state index is -0.606. The van der Waals surface area contributed by atoms with Crippen molar-refractivity contribution in [2.45, 2.75) is 6.92 Å². The van der Waals surface area contributed by atoms with Crippen LogP contribution in [0.3, 0.4) is 0 Å². The SMILES string of the molecule is COc1ccc(C(=O)Nc2cc(-c3cn4cccc(C)c4n3)ccc2OC)cc1F. The lowest BCUT2D eigenvalue weighted by molar-refractivity contribution is 0.102. The molecule has 0 unspecified atom stereocenters. The summed E-state index contributed by atoms with van der Waals surface area (Å²) in [7, 11) is 2.89. The number of hydrogen-bond donors (Lipinski definition) is 1. The molecule has 6 nitrogen and oxygen atoms in total. The van der Waals surface area contributed by atoms with Gasteiger partial charge in [-0.05, 0) is 55.0 Å². The number of nitrogens with one attached hydrogen (secondary N) is 1. The quantitative estimate of drug-likeness (QED) is 0.522. The standard InChI is InChI=1S/C23H20FN3O3/c1-14-5-4-10-27-13-19(25-22(14)27)15-6-9-21(30-3)18(12-15)26-23(28)16-7-8-20(29-2)17(24)11-16/h4-13H,1-3H3,(H,26,28). The van der Waals surface area contributed by atoms with Gasteiger partial charge < -0.3 is 19.2 Å². The largest absolute Gasteiger partial charge is 0.495 e. The number of halogens is 1. The Bertz CT molecular complexity index is 1250. The summed E-state index contributed by atoms with van der Waals surface area (Å²) in [4.78, 5) is 17.4. The lowest BCUT2D eigenvalue weighted by Crippen LogP contribution is -2.13. The maximum atomic E-state index is 14.0. The van der Waals surface area contributed by atoms with Crippen molar-refractivity contribution in [3.63, 3.8) is 0 Å². The molecular weight excluding hydrogens is 385 g/mol. The number of carbonyl (C=O) groups excluding carboxylic acids is 1. The van der Waals surface area contributed by atoms with Crippen molar-refractivity contribution in [3.05, 3.63) is 77.9 Å². The average Bonchev–Trinajstić information content (AvgIpc) is 3.19. The van der Waals surface area contributed by atoms with E-state index in [1.165, 1.54) is 26.4 Å². The summed E-state index contributed by atoms with van der Waals surface area (Å²) in [6.45, 7) is 2.00. The number of hydrogen-bond acceptors (Lipinski definition) is 4. The van der Waals surface area contributed by atoms with Gasteiger partial charge in [0.15, 0.2) is 11.6 Å². The molecule has 4 aromatic rings. The molecule has 2 heterocycles. The van der Waals surface area contributed by atoms with Crippen molar-refractivity contribution in [2.75, 3.05) is 19.5 Å². The molecule has 0 fully saturated rings. The van der Waals surface area contributed by atoms with Crippen LogP contribution in [0.25, 0.3) is 16.9 Å². The minimum absolute atomic E-state index is 0.0771. The molecule has 1 amide bonds. The monoisotopic (exact) mass is 405 g/mol. The molecule has 0 spiro atoms. The van der Waals surface area contributed by atoms with Crippen LogP contribution in [0.15, 0.2) is 60.9 Å². The van der Waals surface area contributed by atoms with Crippen molar-refractivity contribution < 1.29 is 18.7 Å². The molecule has 2 aromatic carbocycles. The molecule has 0 bridgehead atoms. The van der Waals surface area contributed by atoms with E-state index in [0.29, 0.717) is 11.4 Å². The first-order valence-electron chi connectivity index (χ1n) is 9.28. The van der Waals surface area contributed by atoms with E-state index in [-0.39, 0.29) is 11.3 Å². The number of anilines is 1. The normalized spacial score (nSPS) is 10.8. The van der Waals surface area contributed by atoms with Gasteiger partial charge in [-0.25, -0.2) is 9.37 Å². The molecule has 2 aromatic heterocycles. The van der Waals surface area contributed by atoms with Gasteiger partial charge in [0.1, 0.15) is 11.4 Å². The second-order valence-electron chi connectivity index (χ2n) is 6.77. The number of benzene rings is 2. The molecule has 0 aliphatic rings. The van der Waals surface area contributed by atoms with E-state index < -0.39 is 11.7 Å². The van der Waals surface area contributed by atoms with Crippen LogP contribution in [0.5, 0.6) is 11.5 Å². The number of rotatable bonds is 5. The first kappa shape index (κ1) is 19.4. The molecule has 0 aliphatic heterocycles. The fraction of sp³-hybridized carbons (Fsp3) is 0.130. The van der Waals surface area contributed by atoms with Gasteiger partial charge in [-0.1, -0.05) is 6.07 Å². The van der Waals surface area contributed by atoms with E-state index in [9.17, 15) is 9.18 Å². The zero-order valence-corrected chi connectivity index (χ0v) is 16.8. The molecule has 0 atom stereocenters. The van der Waals surface area contributed by atoms with Gasteiger partial charge >= 0.3 is 0 Å². The van der Waals surface area contributed by atoms with Crippen LogP contribution in [0.1, 0.15) is 15.9 Å². The molecule has 4 rings (SSSR count). The fourth-order valence-corrected chi connectivity index (χ4v) is 3.26. The lowest BCUT2D eigenvalue weighted by Gasteiger charge is -2.12. The number of fused-ring (bicyclic) bond motifs is 1. The molecular formula is C23H20FN3O3. The van der Waals surface area contributed by atoms with Crippen LogP contribution < -0.4 is 14.8 Å². The number of aromatic nitrogens is 2. The Kier molecular flexibility index (Phi) is 5.10. The highest BCUT2D eigenvalue weighted by molar-refractivity contribution is 6.05. The molecule has 30 heavy (non-hydrogen) atoms. The minimum Gasteiger partial charge on any atom is -0.495 e. The number of carbonyl (C=O) groups is 1. The van der Waals surface area contributed by atoms with Crippen molar-refractivity contribution >= 4 is 17.2 Å². The van der Waals surface area contributed by atoms with Crippen molar-refractivity contribution in [2.24, 2.45) is 0 Å². The zero-order valence-electron chi connectivity index (χ0n) is 16.8. The fourth-order valence-electron chi connectivity index (χ4n) is 3.26. The molecule has 152 valence electrons. The summed E-state index contributed by atoms with van der Waals surface area (Å²) in [5.41, 5.74) is 4.14. The van der Waals surface area contributed by atoms with Crippen LogP contribution in [0.4, 0.5) is 10.1 Å². The molecule has 0 aliphatic carbocycles. The Morgan fingerprint density at radius 1 is 1.07 bits per heavy atom. The van der Waals surface area contributed by atoms with Crippen LogP contribution in [-0.4, -0.2) is 29.5 Å². The van der Waals surface area contributed by atoms with E-state index in [1.54, 1.807) is 12.1 Å². The average molecular weight is 405 g/mol. The lowest BCUT2D eigenvalue weighted by atomic mass is 10.1. The number of aryl methyl sites for hydroxylation is 1. The van der Waals surface area contributed by atoms with Gasteiger partial charge in [-0.15, -0.1) is 0 Å². The van der Waals surface area contributed by atoms with Crippen molar-refractivity contribution in [1.82, 2.24) is 9.38 Å². The van der Waals surface area contributed by atoms with Crippen molar-refractivity contribution in [1.29, 1.82) is 0 Å². The second-order valence-corrected chi connectivity index (χ2v) is 6.77. The number of amides is 1. The maximum absolute atomic E-state index is 14.0. The first-order chi connectivity index (χ1) is 14.5. The third-order valence-electron chi connectivity index (χ3n) is 4.84. The number of methoxy groups -OCH3 is 2. The molecule has 0 saturated heterocycles. The Balaban J connectivity index is 1.68. The Hall–Kier alpha value is -3.87. The van der Waals surface area contributed by atoms with Gasteiger partial charge in [0.05, 0.1) is 25.6 Å². The van der Waals surface area contributed by atoms with E-state index in [1.807, 2.05) is 41.9 Å². The summed E-state index contributed by atoms with van der Waals surface area (Å²) < 4.78 is 26.2. The second kappa shape index (κ2) is 7.87. The van der Waals surface area contributed by atoms with Crippen LogP contribution in [-0.2, 0) is 0 Å². The molecule has 7 heteroatoms. The van der Waals surface area contributed by atoms with E-state index in [4.69, 9.17) is 14.5 Å². The van der Waals surface area contributed by atoms with Gasteiger partial charge in [-0.2, -0.15) is 0 Å². The van der Waals surface area contributed by atoms with Crippen LogP contribution in [0.2, 0.25) is 0 Å². The summed E-state index contributed by atoms with van der Waals surface area (Å²) >= 11 is 0. The Morgan fingerprint density at radius 3 is 2.53 bits per heavy atom. The number of nitrogens with zero attached hydrogens (tertiary/aromatic N) is 2. The summed E-state index contributed by atoms with van der Waals surface area (Å²) in [6, 6.07) is 13.4. The van der Waals surface area contributed by atoms with E-state index in [0.717, 1.165) is 28.5 Å². The Labute approximate surface area is 172 Å². The van der Waals surface area contributed by atoms with Gasteiger partial charge in [0.25, 0.3) is 5.91 Å². The van der Waals surface area contributed by atoms with E-state index >= 15 is 0 Å². The number of ether oxygens (including phenoxy) is 2. The maximum Gasteiger partial charge on any atom is 0.255 e. The third kappa shape index (κ3) is 3.57. The highest BCUT2D eigenvalue weighted by Crippen LogP contribution is 2.31. The third-order valence-corrected chi connectivity index (χ3v) is 4.84. The predicted molar refractivity (Wildman–Crippen MR) is 113 cm³/mol. The topological polar surface area (TPSA) is 64.9 Å². The van der Waals surface area contributed by atoms with Gasteiger partial charge in [0, 0.05) is 23.5 Å². The summed E-state index contributed by atoms with van der Waals surface area (Å²) in [6.07, 6.45) is 3.86.